The van der Waals surface area contributed by atoms with E-state index in [9.17, 15) is 27.2 Å². The Morgan fingerprint density at radius 2 is 1.85 bits per heavy atom. The molecule has 9 heteroatoms. The van der Waals surface area contributed by atoms with Gasteiger partial charge >= 0.3 is 12.1 Å². The third-order valence-corrected chi connectivity index (χ3v) is 3.47. The average molecular weight is 373 g/mol. The molecule has 5 nitrogen and oxygen atoms in total. The highest BCUT2D eigenvalue weighted by Gasteiger charge is 2.36. The van der Waals surface area contributed by atoms with Crippen LogP contribution in [0.3, 0.4) is 0 Å². The van der Waals surface area contributed by atoms with Crippen molar-refractivity contribution in [2.75, 3.05) is 0 Å². The van der Waals surface area contributed by atoms with Gasteiger partial charge in [0.05, 0.1) is 12.0 Å². The van der Waals surface area contributed by atoms with E-state index in [4.69, 9.17) is 9.52 Å². The maximum absolute atomic E-state index is 13.7. The zero-order valence-corrected chi connectivity index (χ0v) is 13.3. The minimum Gasteiger partial charge on any atom is -0.480 e. The van der Waals surface area contributed by atoms with E-state index in [1.807, 2.05) is 5.32 Å². The largest absolute Gasteiger partial charge is 0.480 e. The van der Waals surface area contributed by atoms with Crippen molar-refractivity contribution < 1.29 is 36.7 Å². The molecule has 0 bridgehead atoms. The van der Waals surface area contributed by atoms with Crippen molar-refractivity contribution in [2.24, 2.45) is 0 Å². The predicted octanol–water partition coefficient (Wildman–Crippen LogP) is 3.54. The molecule has 0 aliphatic rings. The number of carbonyl (C=O) groups is 2. The summed E-state index contributed by atoms with van der Waals surface area (Å²) in [6.45, 7) is 0. The van der Waals surface area contributed by atoms with Crippen LogP contribution in [0.15, 0.2) is 40.8 Å². The molecule has 2 N–H and O–H groups in total. The van der Waals surface area contributed by atoms with E-state index in [0.29, 0.717) is 5.76 Å². The molecule has 0 saturated heterocycles. The topological polar surface area (TPSA) is 79.5 Å². The first-order chi connectivity index (χ1) is 12.2. The van der Waals surface area contributed by atoms with Crippen molar-refractivity contribution >= 4 is 11.9 Å². The number of nitrogens with one attached hydrogen (secondary N) is 1. The van der Waals surface area contributed by atoms with Gasteiger partial charge in [-0.1, -0.05) is 12.1 Å². The number of carbonyl (C=O) groups excluding carboxylic acids is 1. The number of furan rings is 1. The van der Waals surface area contributed by atoms with Crippen molar-refractivity contribution in [3.63, 3.8) is 0 Å². The van der Waals surface area contributed by atoms with Crippen LogP contribution in [0.1, 0.15) is 18.6 Å². The molecule has 26 heavy (non-hydrogen) atoms. The first kappa shape index (κ1) is 19.5. The van der Waals surface area contributed by atoms with E-state index < -0.39 is 36.3 Å². The molecule has 0 fully saturated rings. The van der Waals surface area contributed by atoms with Crippen LogP contribution in [0.5, 0.6) is 0 Å². The van der Waals surface area contributed by atoms with Gasteiger partial charge in [-0.15, -0.1) is 0 Å². The van der Waals surface area contributed by atoms with Crippen molar-refractivity contribution in [1.82, 2.24) is 5.32 Å². The number of aryl methyl sites for hydroxylation is 1. The van der Waals surface area contributed by atoms with Crippen LogP contribution in [0.25, 0.3) is 11.3 Å². The van der Waals surface area contributed by atoms with E-state index in [1.54, 1.807) is 6.07 Å². The van der Waals surface area contributed by atoms with Gasteiger partial charge in [-0.3, -0.25) is 4.79 Å². The average Bonchev–Trinajstić information content (AvgIpc) is 3.00. The molecule has 1 amide bonds. The summed E-state index contributed by atoms with van der Waals surface area (Å²) in [6.07, 6.45) is -6.62. The Balaban J connectivity index is 1.93. The van der Waals surface area contributed by atoms with Gasteiger partial charge in [-0.2, -0.15) is 13.2 Å². The first-order valence-electron chi connectivity index (χ1n) is 7.58. The monoisotopic (exact) mass is 373 g/mol. The van der Waals surface area contributed by atoms with Gasteiger partial charge < -0.3 is 14.8 Å². The number of alkyl halides is 3. The lowest BCUT2D eigenvalue weighted by Gasteiger charge is -2.16. The molecule has 0 saturated carbocycles. The Labute approximate surface area is 145 Å². The molecule has 1 atom stereocenters. The summed E-state index contributed by atoms with van der Waals surface area (Å²) in [6, 6.07) is 6.90. The molecule has 1 aromatic carbocycles. The molecule has 0 spiro atoms. The van der Waals surface area contributed by atoms with E-state index in [0.717, 1.165) is 0 Å². The molecular formula is C17H15F4NO4. The molecule has 1 heterocycles. The summed E-state index contributed by atoms with van der Waals surface area (Å²) in [4.78, 5) is 22.5. The lowest BCUT2D eigenvalue weighted by atomic mass is 10.1. The summed E-state index contributed by atoms with van der Waals surface area (Å²) in [7, 11) is 0. The number of amides is 1. The smallest absolute Gasteiger partial charge is 0.391 e. The Hall–Kier alpha value is -2.84. The molecule has 0 aliphatic heterocycles. The third kappa shape index (κ3) is 5.61. The molecule has 0 radical (unpaired) electrons. The summed E-state index contributed by atoms with van der Waals surface area (Å²) >= 11 is 0. The molecule has 1 unspecified atom stereocenters. The van der Waals surface area contributed by atoms with Crippen molar-refractivity contribution in [2.45, 2.75) is 31.5 Å². The Kier molecular flexibility index (Phi) is 6.01. The minimum absolute atomic E-state index is 0.0264. The van der Waals surface area contributed by atoms with Crippen LogP contribution >= 0.6 is 0 Å². The van der Waals surface area contributed by atoms with Crippen LogP contribution in [0.2, 0.25) is 0 Å². The van der Waals surface area contributed by atoms with Crippen LogP contribution < -0.4 is 5.32 Å². The highest BCUT2D eigenvalue weighted by molar-refractivity contribution is 5.83. The second-order valence-electron chi connectivity index (χ2n) is 5.52. The van der Waals surface area contributed by atoms with Crippen molar-refractivity contribution in [1.29, 1.82) is 0 Å². The summed E-state index contributed by atoms with van der Waals surface area (Å²) in [5, 5.41) is 10.6. The van der Waals surface area contributed by atoms with E-state index >= 15 is 0 Å². The Bertz CT molecular complexity index is 785. The molecule has 2 rings (SSSR count). The van der Waals surface area contributed by atoms with Gasteiger partial charge in [0, 0.05) is 12.8 Å². The van der Waals surface area contributed by atoms with Crippen LogP contribution in [-0.4, -0.2) is 29.2 Å². The SMILES string of the molecule is O=C(CCc1ccc(-c2ccccc2F)o1)NC(CC(F)(F)F)C(=O)O. The Morgan fingerprint density at radius 3 is 2.46 bits per heavy atom. The maximum Gasteiger partial charge on any atom is 0.391 e. The van der Waals surface area contributed by atoms with Gasteiger partial charge in [0.2, 0.25) is 5.91 Å². The van der Waals surface area contributed by atoms with E-state index in [1.165, 1.54) is 30.3 Å². The fourth-order valence-electron chi connectivity index (χ4n) is 2.25. The van der Waals surface area contributed by atoms with E-state index in [2.05, 4.69) is 0 Å². The number of hydrogen-bond donors (Lipinski definition) is 2. The normalized spacial score (nSPS) is 12.6. The third-order valence-electron chi connectivity index (χ3n) is 3.47. The van der Waals surface area contributed by atoms with Gasteiger partial charge in [-0.25, -0.2) is 9.18 Å². The van der Waals surface area contributed by atoms with Crippen LogP contribution in [0.4, 0.5) is 17.6 Å². The summed E-state index contributed by atoms with van der Waals surface area (Å²) in [5.74, 6) is -2.54. The number of aliphatic carboxylic acids is 1. The second-order valence-corrected chi connectivity index (χ2v) is 5.52. The first-order valence-corrected chi connectivity index (χ1v) is 7.58. The lowest BCUT2D eigenvalue weighted by molar-refractivity contribution is -0.160. The highest BCUT2D eigenvalue weighted by Crippen LogP contribution is 2.25. The Morgan fingerprint density at radius 1 is 1.15 bits per heavy atom. The standard InChI is InChI=1S/C17H15F4NO4/c18-12-4-2-1-3-11(12)14-7-5-10(26-14)6-8-15(23)22-13(16(24)25)9-17(19,20)21/h1-5,7,13H,6,8-9H2,(H,22,23)(H,24,25). The maximum atomic E-state index is 13.7. The lowest BCUT2D eigenvalue weighted by Crippen LogP contribution is -2.43. The number of carboxylic acid groups (broad SMARTS) is 1. The summed E-state index contributed by atoms with van der Waals surface area (Å²) in [5.41, 5.74) is 0.235. The zero-order chi connectivity index (χ0) is 19.3. The van der Waals surface area contributed by atoms with Gasteiger partial charge in [0.25, 0.3) is 0 Å². The van der Waals surface area contributed by atoms with E-state index in [-0.39, 0.29) is 24.2 Å². The molecule has 1 aromatic heterocycles. The molecule has 0 aliphatic carbocycles. The number of hydrogen-bond acceptors (Lipinski definition) is 3. The van der Waals surface area contributed by atoms with Gasteiger partial charge in [0.15, 0.2) is 0 Å². The number of benzene rings is 1. The van der Waals surface area contributed by atoms with Crippen molar-refractivity contribution in [3.05, 3.63) is 48.0 Å². The predicted molar refractivity (Wildman–Crippen MR) is 82.7 cm³/mol. The number of halogens is 4. The number of carboxylic acids is 1. The summed E-state index contributed by atoms with van der Waals surface area (Å²) < 4.78 is 56.0. The highest BCUT2D eigenvalue weighted by atomic mass is 19.4. The van der Waals surface area contributed by atoms with Crippen LogP contribution in [-0.2, 0) is 16.0 Å². The number of rotatable bonds is 7. The quantitative estimate of drug-likeness (QED) is 0.728. The fourth-order valence-corrected chi connectivity index (χ4v) is 2.25. The molecule has 2 aromatic rings. The van der Waals surface area contributed by atoms with Crippen LogP contribution in [0, 0.1) is 5.82 Å². The molecule has 140 valence electrons. The minimum atomic E-state index is -4.72. The zero-order valence-electron chi connectivity index (χ0n) is 13.3. The van der Waals surface area contributed by atoms with Gasteiger partial charge in [0.1, 0.15) is 23.4 Å². The van der Waals surface area contributed by atoms with Gasteiger partial charge in [-0.05, 0) is 24.3 Å². The second kappa shape index (κ2) is 8.03. The van der Waals surface area contributed by atoms with Crippen molar-refractivity contribution in [3.8, 4) is 11.3 Å². The fraction of sp³-hybridized carbons (Fsp3) is 0.294. The molecular weight excluding hydrogens is 358 g/mol.